The Balaban J connectivity index is 1.41. The molecule has 0 aliphatic carbocycles. The molecule has 174 valence electrons. The highest BCUT2D eigenvalue weighted by atomic mass is 32.2. The highest BCUT2D eigenvalue weighted by Crippen LogP contribution is 2.43. The van der Waals surface area contributed by atoms with E-state index in [1.165, 1.54) is 34.6 Å². The second-order valence-electron chi connectivity index (χ2n) is 7.00. The van der Waals surface area contributed by atoms with Gasteiger partial charge in [-0.05, 0) is 6.07 Å². The van der Waals surface area contributed by atoms with Gasteiger partial charge in [-0.1, -0.05) is 17.8 Å². The molecular formula is C18H15N9O4S3. The van der Waals surface area contributed by atoms with Crippen LogP contribution in [-0.4, -0.2) is 76.4 Å². The van der Waals surface area contributed by atoms with Gasteiger partial charge in [0.15, 0.2) is 10.8 Å². The quantitative estimate of drug-likeness (QED) is 0.172. The number of carbonyl (C=O) groups is 3. The van der Waals surface area contributed by atoms with Crippen LogP contribution in [0.1, 0.15) is 11.4 Å². The fraction of sp³-hybridized carbons (Fsp3) is 0.222. The van der Waals surface area contributed by atoms with E-state index in [1.54, 1.807) is 17.6 Å². The van der Waals surface area contributed by atoms with E-state index in [2.05, 4.69) is 43.2 Å². The van der Waals surface area contributed by atoms with E-state index in [-0.39, 0.29) is 22.2 Å². The maximum atomic E-state index is 13.0. The molecule has 0 spiro atoms. The highest BCUT2D eigenvalue weighted by molar-refractivity contribution is 8.00. The zero-order valence-electron chi connectivity index (χ0n) is 17.3. The third-order valence-electron chi connectivity index (χ3n) is 5.08. The number of nitrogens with zero attached hydrogens (tertiary/aromatic N) is 7. The van der Waals surface area contributed by atoms with Gasteiger partial charge in [0.1, 0.15) is 36.2 Å². The van der Waals surface area contributed by atoms with Crippen LogP contribution in [0.3, 0.4) is 0 Å². The fourth-order valence-corrected chi connectivity index (χ4v) is 5.75. The molecule has 0 bridgehead atoms. The lowest BCUT2D eigenvalue weighted by Gasteiger charge is -2.49. The lowest BCUT2D eigenvalue weighted by molar-refractivity contribution is -0.145. The van der Waals surface area contributed by atoms with Crippen LogP contribution in [0.25, 0.3) is 11.4 Å². The lowest BCUT2D eigenvalue weighted by Crippen LogP contribution is -2.70. The summed E-state index contributed by atoms with van der Waals surface area (Å²) in [6.07, 6.45) is 3.03. The molecule has 2 aliphatic rings. The van der Waals surface area contributed by atoms with Gasteiger partial charge in [0, 0.05) is 22.9 Å². The van der Waals surface area contributed by atoms with Gasteiger partial charge in [-0.3, -0.25) is 19.3 Å². The van der Waals surface area contributed by atoms with Crippen molar-refractivity contribution in [1.29, 1.82) is 0 Å². The van der Waals surface area contributed by atoms with Crippen molar-refractivity contribution in [2.45, 2.75) is 11.4 Å². The van der Waals surface area contributed by atoms with Crippen LogP contribution in [0.5, 0.6) is 0 Å². The van der Waals surface area contributed by atoms with Gasteiger partial charge < -0.3 is 15.9 Å². The first-order valence-corrected chi connectivity index (χ1v) is 12.0. The van der Waals surface area contributed by atoms with E-state index in [1.807, 2.05) is 0 Å². The van der Waals surface area contributed by atoms with Crippen molar-refractivity contribution >= 4 is 74.9 Å². The molecule has 0 radical (unpaired) electrons. The van der Waals surface area contributed by atoms with E-state index >= 15 is 0 Å². The molecule has 0 aromatic carbocycles. The number of thiazole rings is 1. The molecule has 5 rings (SSSR count). The minimum absolute atomic E-state index is 0.116. The molecule has 3 aromatic rings. The summed E-state index contributed by atoms with van der Waals surface area (Å²) in [5.41, 5.74) is 6.91. The normalized spacial score (nSPS) is 20.2. The number of oxime groups is 1. The van der Waals surface area contributed by atoms with Crippen molar-refractivity contribution in [2.24, 2.45) is 5.16 Å². The fourth-order valence-electron chi connectivity index (χ4n) is 3.60. The maximum Gasteiger partial charge on any atom is 0.276 e. The van der Waals surface area contributed by atoms with Crippen LogP contribution in [0.4, 0.5) is 5.13 Å². The van der Waals surface area contributed by atoms with E-state index in [0.29, 0.717) is 22.8 Å². The molecule has 2 atom stereocenters. The minimum Gasteiger partial charge on any atom is -0.398 e. The van der Waals surface area contributed by atoms with Crippen LogP contribution < -0.4 is 11.1 Å². The molecule has 1 saturated heterocycles. The van der Waals surface area contributed by atoms with E-state index in [4.69, 9.17) is 10.6 Å². The number of thiol groups is 1. The third-order valence-corrected chi connectivity index (χ3v) is 7.24. The number of aromatic nitrogens is 5. The highest BCUT2D eigenvalue weighted by Gasteiger charge is 2.54. The average Bonchev–Trinajstić information content (AvgIpc) is 3.47. The first-order chi connectivity index (χ1) is 16.4. The molecular weight excluding hydrogens is 502 g/mol. The molecule has 1 fully saturated rings. The molecule has 0 unspecified atom stereocenters. The van der Waals surface area contributed by atoms with Crippen LogP contribution in [0.15, 0.2) is 34.8 Å². The van der Waals surface area contributed by atoms with Crippen LogP contribution >= 0.6 is 35.7 Å². The van der Waals surface area contributed by atoms with E-state index in [9.17, 15) is 14.4 Å². The summed E-state index contributed by atoms with van der Waals surface area (Å²) in [6, 6.07) is 0.803. The third kappa shape index (κ3) is 3.68. The first-order valence-electron chi connectivity index (χ1n) is 9.60. The van der Waals surface area contributed by atoms with Gasteiger partial charge in [0.25, 0.3) is 17.6 Å². The number of nitrogens with one attached hydrogen (secondary N) is 1. The van der Waals surface area contributed by atoms with Gasteiger partial charge in [-0.2, -0.15) is 10.1 Å². The predicted molar refractivity (Wildman–Crippen MR) is 127 cm³/mol. The predicted octanol–water partition coefficient (Wildman–Crippen LogP) is -0.219. The van der Waals surface area contributed by atoms with Crippen molar-refractivity contribution in [2.75, 3.05) is 18.6 Å². The smallest absolute Gasteiger partial charge is 0.276 e. The number of carbonyl (C=O) groups excluding carboxylic acids is 3. The summed E-state index contributed by atoms with van der Waals surface area (Å²) < 4.78 is 1.49. The molecule has 2 aliphatic heterocycles. The Morgan fingerprint density at radius 1 is 1.38 bits per heavy atom. The Morgan fingerprint density at radius 2 is 2.21 bits per heavy atom. The minimum atomic E-state index is -0.883. The summed E-state index contributed by atoms with van der Waals surface area (Å²) in [4.78, 5) is 57.0. The number of nitrogen functional groups attached to an aromatic ring is 1. The van der Waals surface area contributed by atoms with Gasteiger partial charge in [0.05, 0.1) is 5.69 Å². The summed E-state index contributed by atoms with van der Waals surface area (Å²) in [6.45, 7) is 0. The molecule has 0 saturated carbocycles. The number of nitrogens with two attached hydrogens (primary N) is 1. The van der Waals surface area contributed by atoms with Crippen LogP contribution in [0.2, 0.25) is 0 Å². The van der Waals surface area contributed by atoms with Gasteiger partial charge in [-0.25, -0.2) is 14.5 Å². The second-order valence-corrected chi connectivity index (χ2v) is 9.40. The Morgan fingerprint density at radius 3 is 2.91 bits per heavy atom. The van der Waals surface area contributed by atoms with Crippen molar-refractivity contribution in [3.05, 3.63) is 41.1 Å². The standard InChI is InChI=1S/C18H15N9O4S3/c1-31-25-10(9-5-34-17(19)22-9)13(28)24-11-14(29)27-12(16(30)32)7(4-33-15(11)27)8-2-3-26-18(23-8)20-6-21-26/h2-3,5-6,11,15H,4H2,1H3,(H2,19,22)(H,24,28)(H,30,32)/t11-,15-/m1/s1. The van der Waals surface area contributed by atoms with Crippen molar-refractivity contribution in [1.82, 2.24) is 34.8 Å². The topological polar surface area (TPSA) is 170 Å². The zero-order valence-corrected chi connectivity index (χ0v) is 19.8. The number of rotatable bonds is 6. The number of fused-ring (bicyclic) bond motifs is 2. The number of hydrogen-bond acceptors (Lipinski definition) is 12. The Labute approximate surface area is 204 Å². The van der Waals surface area contributed by atoms with Crippen molar-refractivity contribution in [3.8, 4) is 0 Å². The Kier molecular flexibility index (Phi) is 5.70. The molecule has 3 aromatic heterocycles. The summed E-state index contributed by atoms with van der Waals surface area (Å²) >= 11 is 6.51. The number of thioether (sulfide) groups is 1. The largest absolute Gasteiger partial charge is 0.398 e. The molecule has 16 heteroatoms. The average molecular weight is 518 g/mol. The van der Waals surface area contributed by atoms with Crippen LogP contribution in [-0.2, 0) is 19.2 Å². The second kappa shape index (κ2) is 8.69. The summed E-state index contributed by atoms with van der Waals surface area (Å²) in [7, 11) is 1.29. The van der Waals surface area contributed by atoms with Crippen molar-refractivity contribution in [3.63, 3.8) is 0 Å². The Bertz CT molecular complexity index is 1400. The van der Waals surface area contributed by atoms with E-state index < -0.39 is 28.3 Å². The monoisotopic (exact) mass is 517 g/mol. The summed E-state index contributed by atoms with van der Waals surface area (Å²) in [5, 5.41) is 11.1. The number of hydrogen-bond donors (Lipinski definition) is 3. The van der Waals surface area contributed by atoms with Crippen LogP contribution in [0, 0.1) is 0 Å². The van der Waals surface area contributed by atoms with Gasteiger partial charge >= 0.3 is 0 Å². The number of amides is 2. The molecule has 34 heavy (non-hydrogen) atoms. The molecule has 5 heterocycles. The molecule has 13 nitrogen and oxygen atoms in total. The first kappa shape index (κ1) is 22.3. The van der Waals surface area contributed by atoms with Gasteiger partial charge in [-0.15, -0.1) is 23.1 Å². The summed E-state index contributed by atoms with van der Waals surface area (Å²) in [5.74, 6) is -0.394. The molecule has 2 amide bonds. The zero-order chi connectivity index (χ0) is 24.0. The van der Waals surface area contributed by atoms with Crippen molar-refractivity contribution < 1.29 is 19.2 Å². The maximum absolute atomic E-state index is 13.0. The SMILES string of the molecule is CON=C(C(=O)N[C@@H]1C(=O)N2C(C(=O)S)=C(c3ccn4ncnc4n3)CS[C@H]12)c1csc(N)n1. The van der Waals surface area contributed by atoms with E-state index in [0.717, 1.165) is 11.3 Å². The Hall–Kier alpha value is -3.50. The van der Waals surface area contributed by atoms with Gasteiger partial charge in [0.2, 0.25) is 5.12 Å². The lowest BCUT2D eigenvalue weighted by atomic mass is 10.0. The number of anilines is 1. The molecule has 3 N–H and O–H groups in total. The number of β-lactam (4-membered cyclic amide) rings is 1.